The van der Waals surface area contributed by atoms with Crippen molar-refractivity contribution in [3.63, 3.8) is 0 Å². The van der Waals surface area contributed by atoms with E-state index in [-0.39, 0.29) is 4.90 Å². The molecule has 1 heterocycles. The Morgan fingerprint density at radius 3 is 2.35 bits per heavy atom. The molecule has 0 aliphatic heterocycles. The number of H-pyrrole nitrogens is 1. The topological polar surface area (TPSA) is 104 Å². The number of halogens is 2. The number of nitrogens with zero attached hydrogens (tertiary/aromatic N) is 1. The van der Waals surface area contributed by atoms with Gasteiger partial charge in [0.05, 0.1) is 17.9 Å². The maximum Gasteiger partial charge on any atom is 0.244 e. The maximum absolute atomic E-state index is 12.2. The van der Waals surface area contributed by atoms with Gasteiger partial charge in [-0.2, -0.15) is 5.10 Å². The molecule has 10 heteroatoms. The van der Waals surface area contributed by atoms with E-state index in [1.54, 1.807) is 13.8 Å². The minimum atomic E-state index is -3.84. The average Bonchev–Trinajstić information content (AvgIpc) is 2.75. The van der Waals surface area contributed by atoms with Gasteiger partial charge in [-0.3, -0.25) is 9.89 Å². The zero-order valence-electron chi connectivity index (χ0n) is 12.3. The summed E-state index contributed by atoms with van der Waals surface area (Å²) in [4.78, 5) is 11.9. The van der Waals surface area contributed by atoms with Gasteiger partial charge in [0.15, 0.2) is 0 Å². The van der Waals surface area contributed by atoms with Crippen LogP contribution in [0.4, 0.5) is 5.69 Å². The zero-order chi connectivity index (χ0) is 17.2. The second-order valence-corrected chi connectivity index (χ2v) is 7.37. The first-order valence-corrected chi connectivity index (χ1v) is 8.70. The quantitative estimate of drug-likeness (QED) is 0.743. The highest BCUT2D eigenvalue weighted by atomic mass is 35.5. The molecule has 2 rings (SSSR count). The minimum absolute atomic E-state index is 0.0381. The van der Waals surface area contributed by atoms with Crippen molar-refractivity contribution >= 4 is 44.8 Å². The van der Waals surface area contributed by atoms with Crippen LogP contribution >= 0.6 is 23.2 Å². The van der Waals surface area contributed by atoms with Gasteiger partial charge in [0.2, 0.25) is 15.9 Å². The molecule has 0 radical (unpaired) electrons. The molecule has 0 aliphatic carbocycles. The van der Waals surface area contributed by atoms with Gasteiger partial charge in [0.1, 0.15) is 4.90 Å². The van der Waals surface area contributed by atoms with Crippen LogP contribution in [0.3, 0.4) is 0 Å². The highest BCUT2D eigenvalue weighted by Crippen LogP contribution is 2.22. The Balaban J connectivity index is 2.04. The molecule has 1 aromatic carbocycles. The highest BCUT2D eigenvalue weighted by molar-refractivity contribution is 7.89. The van der Waals surface area contributed by atoms with Crippen LogP contribution in [0, 0.1) is 13.8 Å². The van der Waals surface area contributed by atoms with Crippen molar-refractivity contribution in [2.45, 2.75) is 18.7 Å². The normalized spacial score (nSPS) is 11.5. The number of aromatic amines is 1. The number of aryl methyl sites for hydroxylation is 2. The fourth-order valence-corrected chi connectivity index (χ4v) is 3.88. The number of hydrogen-bond acceptors (Lipinski definition) is 4. The summed E-state index contributed by atoms with van der Waals surface area (Å²) in [5.41, 5.74) is 1.11. The fraction of sp³-hybridized carbons (Fsp3) is 0.231. The number of aromatic nitrogens is 2. The van der Waals surface area contributed by atoms with Crippen molar-refractivity contribution < 1.29 is 13.2 Å². The SMILES string of the molecule is Cc1n[nH]c(C)c1S(=O)(=O)NCC(=O)Nc1cc(Cl)cc(Cl)c1. The van der Waals surface area contributed by atoms with Crippen molar-refractivity contribution in [2.75, 3.05) is 11.9 Å². The van der Waals surface area contributed by atoms with Crippen LogP contribution in [0.5, 0.6) is 0 Å². The van der Waals surface area contributed by atoms with E-state index in [0.717, 1.165) is 0 Å². The number of anilines is 1. The fourth-order valence-electron chi connectivity index (χ4n) is 2.00. The van der Waals surface area contributed by atoms with Crippen LogP contribution in [0.15, 0.2) is 23.1 Å². The number of sulfonamides is 1. The van der Waals surface area contributed by atoms with Gasteiger partial charge in [-0.05, 0) is 32.0 Å². The molecule has 0 spiro atoms. The summed E-state index contributed by atoms with van der Waals surface area (Å²) >= 11 is 11.7. The molecule has 23 heavy (non-hydrogen) atoms. The summed E-state index contributed by atoms with van der Waals surface area (Å²) in [5.74, 6) is -0.550. The molecule has 2 aromatic rings. The second-order valence-electron chi connectivity index (χ2n) is 4.79. The van der Waals surface area contributed by atoms with Crippen molar-refractivity contribution in [1.29, 1.82) is 0 Å². The van der Waals surface area contributed by atoms with Crippen LogP contribution in [-0.2, 0) is 14.8 Å². The third-order valence-corrected chi connectivity index (χ3v) is 5.00. The number of carbonyl (C=O) groups is 1. The predicted molar refractivity (Wildman–Crippen MR) is 88.3 cm³/mol. The largest absolute Gasteiger partial charge is 0.325 e. The lowest BCUT2D eigenvalue weighted by Gasteiger charge is -2.08. The number of benzene rings is 1. The van der Waals surface area contributed by atoms with Gasteiger partial charge in [-0.15, -0.1) is 0 Å². The van der Waals surface area contributed by atoms with Crippen LogP contribution in [0.1, 0.15) is 11.4 Å². The standard InChI is InChI=1S/C13H14Cl2N4O3S/c1-7-13(8(2)19-18-7)23(21,22)16-6-12(20)17-11-4-9(14)3-10(15)5-11/h3-5,16H,6H2,1-2H3,(H,17,20)(H,18,19). The molecule has 0 unspecified atom stereocenters. The molecule has 0 atom stereocenters. The van der Waals surface area contributed by atoms with E-state index in [9.17, 15) is 13.2 Å². The molecule has 3 N–H and O–H groups in total. The summed E-state index contributed by atoms with van der Waals surface area (Å²) < 4.78 is 26.6. The van der Waals surface area contributed by atoms with E-state index in [1.165, 1.54) is 18.2 Å². The molecule has 1 amide bonds. The summed E-state index contributed by atoms with van der Waals surface area (Å²) in [6, 6.07) is 4.53. The molecule has 0 saturated heterocycles. The first-order chi connectivity index (χ1) is 10.7. The summed E-state index contributed by atoms with van der Waals surface area (Å²) in [6.07, 6.45) is 0. The molecule has 1 aromatic heterocycles. The number of nitrogens with one attached hydrogen (secondary N) is 3. The second kappa shape index (κ2) is 6.88. The predicted octanol–water partition coefficient (Wildman–Crippen LogP) is 2.25. The Bertz CT molecular complexity index is 809. The Kier molecular flexibility index (Phi) is 5.30. The van der Waals surface area contributed by atoms with Crippen molar-refractivity contribution in [3.05, 3.63) is 39.6 Å². The van der Waals surface area contributed by atoms with E-state index in [2.05, 4.69) is 20.2 Å². The highest BCUT2D eigenvalue weighted by Gasteiger charge is 2.22. The van der Waals surface area contributed by atoms with Crippen molar-refractivity contribution in [1.82, 2.24) is 14.9 Å². The van der Waals surface area contributed by atoms with E-state index in [0.29, 0.717) is 27.1 Å². The summed E-state index contributed by atoms with van der Waals surface area (Å²) in [7, 11) is -3.84. The summed E-state index contributed by atoms with van der Waals surface area (Å²) in [6.45, 7) is 2.71. The Morgan fingerprint density at radius 1 is 1.22 bits per heavy atom. The van der Waals surface area contributed by atoms with E-state index in [4.69, 9.17) is 23.2 Å². The number of amides is 1. The average molecular weight is 377 g/mol. The number of rotatable bonds is 5. The van der Waals surface area contributed by atoms with Crippen LogP contribution in [0.2, 0.25) is 10.0 Å². The first-order valence-electron chi connectivity index (χ1n) is 6.46. The monoisotopic (exact) mass is 376 g/mol. The van der Waals surface area contributed by atoms with Gasteiger partial charge in [-0.25, -0.2) is 13.1 Å². The minimum Gasteiger partial charge on any atom is -0.325 e. The van der Waals surface area contributed by atoms with Gasteiger partial charge < -0.3 is 5.32 Å². The van der Waals surface area contributed by atoms with Crippen molar-refractivity contribution in [2.24, 2.45) is 0 Å². The summed E-state index contributed by atoms with van der Waals surface area (Å²) in [5, 5.41) is 9.64. The molecular weight excluding hydrogens is 363 g/mol. The number of carbonyl (C=O) groups excluding carboxylic acids is 1. The van der Waals surface area contributed by atoms with Crippen LogP contribution < -0.4 is 10.0 Å². The molecule has 0 bridgehead atoms. The van der Waals surface area contributed by atoms with E-state index in [1.807, 2.05) is 0 Å². The smallest absolute Gasteiger partial charge is 0.244 e. The third kappa shape index (κ3) is 4.44. The van der Waals surface area contributed by atoms with Gasteiger partial charge >= 0.3 is 0 Å². The molecule has 124 valence electrons. The number of hydrogen-bond donors (Lipinski definition) is 3. The lowest BCUT2D eigenvalue weighted by molar-refractivity contribution is -0.115. The first kappa shape index (κ1) is 17.7. The molecule has 0 saturated carbocycles. The molecule has 0 aliphatic rings. The molecule has 7 nitrogen and oxygen atoms in total. The van der Waals surface area contributed by atoms with Gasteiger partial charge in [-0.1, -0.05) is 23.2 Å². The van der Waals surface area contributed by atoms with Crippen molar-refractivity contribution in [3.8, 4) is 0 Å². The van der Waals surface area contributed by atoms with Crippen LogP contribution in [0.25, 0.3) is 0 Å². The van der Waals surface area contributed by atoms with E-state index < -0.39 is 22.5 Å². The third-order valence-electron chi connectivity index (χ3n) is 2.90. The Labute approximate surface area is 143 Å². The lowest BCUT2D eigenvalue weighted by atomic mass is 10.3. The zero-order valence-corrected chi connectivity index (χ0v) is 14.6. The Morgan fingerprint density at radius 2 is 1.83 bits per heavy atom. The van der Waals surface area contributed by atoms with Gasteiger partial charge in [0, 0.05) is 15.7 Å². The molecule has 0 fully saturated rings. The maximum atomic E-state index is 12.2. The Hall–Kier alpha value is -1.61. The van der Waals surface area contributed by atoms with E-state index >= 15 is 0 Å². The van der Waals surface area contributed by atoms with Crippen LogP contribution in [-0.4, -0.2) is 31.1 Å². The molecular formula is C13H14Cl2N4O3S. The van der Waals surface area contributed by atoms with Gasteiger partial charge in [0.25, 0.3) is 0 Å². The lowest BCUT2D eigenvalue weighted by Crippen LogP contribution is -2.33.